The van der Waals surface area contributed by atoms with E-state index in [1.54, 1.807) is 36.4 Å². The molecule has 4 amide bonds. The Labute approximate surface area is 233 Å². The lowest BCUT2D eigenvalue weighted by molar-refractivity contribution is -0.144. The molecule has 2 saturated heterocycles. The Morgan fingerprint density at radius 1 is 0.875 bits per heavy atom. The Morgan fingerprint density at radius 2 is 1.62 bits per heavy atom. The summed E-state index contributed by atoms with van der Waals surface area (Å²) >= 11 is 0. The molecule has 3 aliphatic heterocycles. The number of carbonyl (C=O) groups excluding carboxylic acids is 3. The van der Waals surface area contributed by atoms with Crippen LogP contribution in [0.2, 0.25) is 0 Å². The van der Waals surface area contributed by atoms with Gasteiger partial charge in [-0.05, 0) is 54.0 Å². The van der Waals surface area contributed by atoms with Gasteiger partial charge in [0, 0.05) is 43.9 Å². The predicted octanol–water partition coefficient (Wildman–Crippen LogP) is 3.90. The van der Waals surface area contributed by atoms with Gasteiger partial charge in [0.2, 0.25) is 5.91 Å². The smallest absolute Gasteiger partial charge is 0.312 e. The van der Waals surface area contributed by atoms with Crippen molar-refractivity contribution in [3.05, 3.63) is 100.0 Å². The summed E-state index contributed by atoms with van der Waals surface area (Å²) in [6.45, 7) is 6.36. The molecule has 0 spiro atoms. The number of amides is 4. The highest BCUT2D eigenvalue weighted by molar-refractivity contribution is 6.30. The number of anilines is 1. The topological polar surface area (TPSA) is 91.7 Å². The molecule has 2 bridgehead atoms. The van der Waals surface area contributed by atoms with Crippen molar-refractivity contribution in [3.63, 3.8) is 0 Å². The maximum Gasteiger partial charge on any atom is 0.335 e. The number of rotatable bonds is 6. The summed E-state index contributed by atoms with van der Waals surface area (Å²) in [5, 5.41) is 2.52. The first-order valence-corrected chi connectivity index (χ1v) is 14.0. The van der Waals surface area contributed by atoms with Gasteiger partial charge in [-0.2, -0.15) is 0 Å². The SMILES string of the molecule is CC(C)c1ccc(C[C@@]2(CN3C[C@@H]4C[C@@H](C3)c3cccc(=O)n3C4)C(=O)NC(=O)N(c3ccccc3)C2=O)cc1. The first kappa shape index (κ1) is 26.2. The Morgan fingerprint density at radius 3 is 2.35 bits per heavy atom. The highest BCUT2D eigenvalue weighted by Crippen LogP contribution is 2.39. The number of urea groups is 1. The largest absolute Gasteiger partial charge is 0.335 e. The van der Waals surface area contributed by atoms with E-state index in [0.717, 1.165) is 22.6 Å². The molecule has 206 valence electrons. The van der Waals surface area contributed by atoms with E-state index in [1.807, 2.05) is 41.0 Å². The van der Waals surface area contributed by atoms with E-state index >= 15 is 0 Å². The number of fused-ring (bicyclic) bond motifs is 4. The maximum absolute atomic E-state index is 14.4. The molecular formula is C32H34N4O4. The molecule has 2 fully saturated rings. The number of nitrogens with one attached hydrogen (secondary N) is 1. The van der Waals surface area contributed by atoms with Gasteiger partial charge in [0.25, 0.3) is 11.5 Å². The predicted molar refractivity (Wildman–Crippen MR) is 152 cm³/mol. The van der Waals surface area contributed by atoms with E-state index < -0.39 is 23.3 Å². The lowest BCUT2D eigenvalue weighted by Crippen LogP contribution is -2.68. The lowest BCUT2D eigenvalue weighted by atomic mass is 9.75. The normalized spacial score (nSPS) is 24.7. The fraction of sp³-hybridized carbons (Fsp3) is 0.375. The van der Waals surface area contributed by atoms with Crippen molar-refractivity contribution in [2.45, 2.75) is 45.1 Å². The monoisotopic (exact) mass is 538 g/mol. The average Bonchev–Trinajstić information content (AvgIpc) is 2.93. The van der Waals surface area contributed by atoms with Crippen LogP contribution in [0.25, 0.3) is 0 Å². The maximum atomic E-state index is 14.4. The van der Waals surface area contributed by atoms with Crippen LogP contribution in [0.15, 0.2) is 77.6 Å². The number of nitrogens with zero attached hydrogens (tertiary/aromatic N) is 3. The van der Waals surface area contributed by atoms with Gasteiger partial charge >= 0.3 is 6.03 Å². The van der Waals surface area contributed by atoms with Crippen molar-refractivity contribution in [2.75, 3.05) is 24.5 Å². The summed E-state index contributed by atoms with van der Waals surface area (Å²) in [5.41, 5.74) is 2.00. The number of barbiturate groups is 1. The minimum Gasteiger partial charge on any atom is -0.312 e. The van der Waals surface area contributed by atoms with Gasteiger partial charge in [-0.1, -0.05) is 62.4 Å². The van der Waals surface area contributed by atoms with E-state index in [9.17, 15) is 19.2 Å². The van der Waals surface area contributed by atoms with Crippen molar-refractivity contribution >= 4 is 23.5 Å². The third kappa shape index (κ3) is 4.56. The fourth-order valence-corrected chi connectivity index (χ4v) is 6.71. The van der Waals surface area contributed by atoms with Gasteiger partial charge in [0.1, 0.15) is 5.41 Å². The molecule has 0 unspecified atom stereocenters. The van der Waals surface area contributed by atoms with Gasteiger partial charge in [0.15, 0.2) is 0 Å². The molecule has 3 atom stereocenters. The number of benzene rings is 2. The minimum absolute atomic E-state index is 0.0146. The zero-order chi connectivity index (χ0) is 28.0. The molecule has 0 radical (unpaired) electrons. The summed E-state index contributed by atoms with van der Waals surface area (Å²) in [6.07, 6.45) is 1.15. The number of pyridine rings is 1. The first-order chi connectivity index (χ1) is 19.2. The van der Waals surface area contributed by atoms with Crippen LogP contribution < -0.4 is 15.8 Å². The summed E-state index contributed by atoms with van der Waals surface area (Å²) < 4.78 is 1.87. The first-order valence-electron chi connectivity index (χ1n) is 14.0. The summed E-state index contributed by atoms with van der Waals surface area (Å²) in [6, 6.07) is 21.5. The standard InChI is InChI=1S/C32H34N4O4/c1-21(2)24-13-11-22(12-14-24)16-32(29(38)33-31(40)36(30(32)39)26-7-4-3-5-8-26)20-34-17-23-15-25(19-34)27-9-6-10-28(37)35(27)18-23/h3-14,21,23,25H,15-20H2,1-2H3,(H,33,38,40)/t23-,25-,32+/m0/s1. The molecule has 8 nitrogen and oxygen atoms in total. The second kappa shape index (κ2) is 10.2. The van der Waals surface area contributed by atoms with Gasteiger partial charge < -0.3 is 9.47 Å². The molecule has 1 N–H and O–H groups in total. The zero-order valence-electron chi connectivity index (χ0n) is 22.9. The summed E-state index contributed by atoms with van der Waals surface area (Å²) in [4.78, 5) is 57.0. The Bertz CT molecular complexity index is 1510. The van der Waals surface area contributed by atoms with Crippen molar-refractivity contribution < 1.29 is 14.4 Å². The highest BCUT2D eigenvalue weighted by Gasteiger charge is 2.55. The van der Waals surface area contributed by atoms with Crippen molar-refractivity contribution in [3.8, 4) is 0 Å². The van der Waals surface area contributed by atoms with E-state index in [2.05, 4.69) is 24.1 Å². The molecule has 0 aliphatic carbocycles. The van der Waals surface area contributed by atoms with E-state index in [-0.39, 0.29) is 30.4 Å². The second-order valence-electron chi connectivity index (χ2n) is 11.8. The molecule has 4 heterocycles. The quantitative estimate of drug-likeness (QED) is 0.481. The Hall–Kier alpha value is -4.04. The van der Waals surface area contributed by atoms with Crippen LogP contribution in [0.3, 0.4) is 0 Å². The minimum atomic E-state index is -1.49. The van der Waals surface area contributed by atoms with Crippen LogP contribution in [0.1, 0.15) is 48.9 Å². The summed E-state index contributed by atoms with van der Waals surface area (Å²) in [5.74, 6) is -0.334. The van der Waals surface area contributed by atoms with Gasteiger partial charge in [0.05, 0.1) is 5.69 Å². The lowest BCUT2D eigenvalue weighted by Gasteiger charge is -2.47. The van der Waals surface area contributed by atoms with Gasteiger partial charge in [-0.15, -0.1) is 0 Å². The third-order valence-corrected chi connectivity index (χ3v) is 8.69. The second-order valence-corrected chi connectivity index (χ2v) is 11.8. The summed E-state index contributed by atoms with van der Waals surface area (Å²) in [7, 11) is 0. The van der Waals surface area contributed by atoms with Crippen LogP contribution in [0, 0.1) is 11.3 Å². The molecule has 0 saturated carbocycles. The van der Waals surface area contributed by atoms with Crippen molar-refractivity contribution in [2.24, 2.45) is 11.3 Å². The number of piperidine rings is 1. The van der Waals surface area contributed by atoms with Gasteiger partial charge in [-0.3, -0.25) is 19.7 Å². The number of aromatic nitrogens is 1. The van der Waals surface area contributed by atoms with Crippen LogP contribution in [-0.2, 0) is 22.6 Å². The fourth-order valence-electron chi connectivity index (χ4n) is 6.71. The van der Waals surface area contributed by atoms with Crippen LogP contribution in [-0.4, -0.2) is 46.9 Å². The Kier molecular flexibility index (Phi) is 6.66. The van der Waals surface area contributed by atoms with Crippen molar-refractivity contribution in [1.82, 2.24) is 14.8 Å². The van der Waals surface area contributed by atoms with Gasteiger partial charge in [-0.25, -0.2) is 9.69 Å². The molecule has 1 aromatic heterocycles. The van der Waals surface area contributed by atoms with E-state index in [4.69, 9.17) is 0 Å². The number of carbonyl (C=O) groups is 3. The number of hydrogen-bond donors (Lipinski definition) is 1. The third-order valence-electron chi connectivity index (χ3n) is 8.69. The Balaban J connectivity index is 1.37. The molecule has 3 aromatic rings. The molecule has 40 heavy (non-hydrogen) atoms. The number of hydrogen-bond acceptors (Lipinski definition) is 5. The molecule has 8 heteroatoms. The van der Waals surface area contributed by atoms with E-state index in [1.165, 1.54) is 5.56 Å². The highest BCUT2D eigenvalue weighted by atomic mass is 16.2. The van der Waals surface area contributed by atoms with Crippen LogP contribution in [0.5, 0.6) is 0 Å². The molecule has 3 aliphatic rings. The number of likely N-dealkylation sites (tertiary alicyclic amines) is 1. The van der Waals surface area contributed by atoms with Crippen LogP contribution in [0.4, 0.5) is 10.5 Å². The van der Waals surface area contributed by atoms with Crippen LogP contribution >= 0.6 is 0 Å². The zero-order valence-corrected chi connectivity index (χ0v) is 22.9. The molecule has 6 rings (SSSR count). The molecule has 2 aromatic carbocycles. The number of para-hydroxylation sites is 1. The average molecular weight is 539 g/mol. The molecular weight excluding hydrogens is 504 g/mol. The van der Waals surface area contributed by atoms with Crippen molar-refractivity contribution in [1.29, 1.82) is 0 Å². The van der Waals surface area contributed by atoms with E-state index in [0.29, 0.717) is 31.2 Å². The number of imide groups is 2.